The predicted octanol–water partition coefficient (Wildman–Crippen LogP) is 2.53. The minimum atomic E-state index is -1.82. The molecule has 0 aliphatic heterocycles. The Morgan fingerprint density at radius 1 is 1.13 bits per heavy atom. The number of hydrogen-bond donors (Lipinski definition) is 2. The van der Waals surface area contributed by atoms with Crippen molar-refractivity contribution in [2.24, 2.45) is 0 Å². The highest BCUT2D eigenvalue weighted by Crippen LogP contribution is 2.39. The summed E-state index contributed by atoms with van der Waals surface area (Å²) in [4.78, 5) is 3.85. The lowest BCUT2D eigenvalue weighted by atomic mass is 9.80. The van der Waals surface area contributed by atoms with Crippen LogP contribution in [0.15, 0.2) is 61.3 Å². The first kappa shape index (κ1) is 19.6. The molecule has 2 N–H and O–H groups in total. The van der Waals surface area contributed by atoms with Crippen LogP contribution in [-0.2, 0) is 12.1 Å². The lowest BCUT2D eigenvalue weighted by Gasteiger charge is -2.33. The fraction of sp³-hybridized carbons (Fsp3) is 0.200. The Kier molecular flexibility index (Phi) is 5.00. The monoisotopic (exact) mass is 412 g/mol. The average molecular weight is 412 g/mol. The van der Waals surface area contributed by atoms with Crippen molar-refractivity contribution in [1.29, 1.82) is 0 Å². The number of halogens is 2. The van der Waals surface area contributed by atoms with E-state index >= 15 is 0 Å². The first-order valence-corrected chi connectivity index (χ1v) is 9.09. The van der Waals surface area contributed by atoms with Gasteiger partial charge in [0, 0.05) is 17.5 Å². The van der Waals surface area contributed by atoms with E-state index in [2.05, 4.69) is 20.4 Å². The van der Waals surface area contributed by atoms with E-state index < -0.39 is 23.2 Å². The number of aliphatic hydroxyl groups is 1. The molecule has 0 saturated carbocycles. The van der Waals surface area contributed by atoms with Gasteiger partial charge in [0.15, 0.2) is 0 Å². The molecule has 0 spiro atoms. The van der Waals surface area contributed by atoms with Crippen molar-refractivity contribution in [2.75, 3.05) is 0 Å². The molecule has 2 aromatic heterocycles. The van der Waals surface area contributed by atoms with E-state index in [9.17, 15) is 19.0 Å². The van der Waals surface area contributed by atoms with Crippen molar-refractivity contribution in [3.63, 3.8) is 0 Å². The lowest BCUT2D eigenvalue weighted by molar-refractivity contribution is -0.0123. The Hall–Kier alpha value is -3.66. The van der Waals surface area contributed by atoms with Gasteiger partial charge in [0.05, 0.1) is 24.1 Å². The van der Waals surface area contributed by atoms with Gasteiger partial charge in [-0.05, 0) is 30.3 Å². The minimum Gasteiger partial charge on any atom is -0.508 e. The zero-order valence-corrected chi connectivity index (χ0v) is 15.9. The Labute approximate surface area is 170 Å². The van der Waals surface area contributed by atoms with Crippen LogP contribution in [0.25, 0.3) is 5.69 Å². The zero-order valence-electron chi connectivity index (χ0n) is 15.9. The van der Waals surface area contributed by atoms with Crippen molar-refractivity contribution in [3.8, 4) is 11.4 Å². The van der Waals surface area contributed by atoms with Gasteiger partial charge in [-0.1, -0.05) is 18.2 Å². The summed E-state index contributed by atoms with van der Waals surface area (Å²) in [5, 5.41) is 33.2. The van der Waals surface area contributed by atoms with E-state index in [1.807, 2.05) is 0 Å². The Balaban J connectivity index is 1.74. The molecular formula is C20H18F2N6O2. The molecule has 0 aliphatic carbocycles. The van der Waals surface area contributed by atoms with Crippen molar-refractivity contribution in [1.82, 2.24) is 29.8 Å². The van der Waals surface area contributed by atoms with Crippen LogP contribution in [0.5, 0.6) is 5.75 Å². The standard InChI is InChI=1S/C20H18F2N6O2/c1-13(19-9-28(26-25-19)15-3-5-16(29)6-4-15)20(30,10-27-12-23-11-24-27)17-7-2-14(21)8-18(17)22/h2-9,11-13,29-30H,10H2,1H3/t13-,20+/m0/s1. The number of nitrogens with zero attached hydrogens (tertiary/aromatic N) is 6. The summed E-state index contributed by atoms with van der Waals surface area (Å²) in [5.41, 5.74) is -0.881. The van der Waals surface area contributed by atoms with Gasteiger partial charge in [-0.15, -0.1) is 5.10 Å². The topological polar surface area (TPSA) is 102 Å². The number of benzene rings is 2. The van der Waals surface area contributed by atoms with Gasteiger partial charge in [-0.25, -0.2) is 23.1 Å². The molecule has 30 heavy (non-hydrogen) atoms. The quantitative estimate of drug-likeness (QED) is 0.505. The van der Waals surface area contributed by atoms with Gasteiger partial charge >= 0.3 is 0 Å². The second-order valence-electron chi connectivity index (χ2n) is 6.97. The molecule has 0 bridgehead atoms. The van der Waals surface area contributed by atoms with E-state index in [0.717, 1.165) is 12.1 Å². The molecule has 2 aromatic carbocycles. The van der Waals surface area contributed by atoms with Crippen LogP contribution in [0.4, 0.5) is 8.78 Å². The van der Waals surface area contributed by atoms with Gasteiger partial charge in [0.2, 0.25) is 0 Å². The van der Waals surface area contributed by atoms with Crippen molar-refractivity contribution in [3.05, 3.63) is 84.2 Å². The molecule has 154 valence electrons. The molecule has 0 radical (unpaired) electrons. The molecule has 8 nitrogen and oxygen atoms in total. The highest BCUT2D eigenvalue weighted by molar-refractivity contribution is 5.36. The normalized spacial score (nSPS) is 14.4. The third kappa shape index (κ3) is 3.64. The van der Waals surface area contributed by atoms with Gasteiger partial charge in [-0.2, -0.15) is 5.10 Å². The molecule has 4 rings (SSSR count). The molecule has 4 aromatic rings. The molecular weight excluding hydrogens is 394 g/mol. The SMILES string of the molecule is C[C@@H](c1cn(-c2ccc(O)cc2)nn1)[C@](O)(Cn1cncn1)c1ccc(F)cc1F. The van der Waals surface area contributed by atoms with Crippen molar-refractivity contribution in [2.45, 2.75) is 25.0 Å². The number of aromatic nitrogens is 6. The highest BCUT2D eigenvalue weighted by atomic mass is 19.1. The lowest BCUT2D eigenvalue weighted by Crippen LogP contribution is -2.38. The van der Waals surface area contributed by atoms with Crippen LogP contribution < -0.4 is 0 Å². The van der Waals surface area contributed by atoms with Crippen molar-refractivity contribution >= 4 is 0 Å². The number of hydrogen-bond acceptors (Lipinski definition) is 6. The second-order valence-corrected chi connectivity index (χ2v) is 6.97. The third-order valence-electron chi connectivity index (χ3n) is 5.05. The number of phenolic OH excluding ortho intramolecular Hbond substituents is 1. The molecule has 0 aliphatic rings. The average Bonchev–Trinajstić information content (AvgIpc) is 3.40. The van der Waals surface area contributed by atoms with Crippen molar-refractivity contribution < 1.29 is 19.0 Å². The Morgan fingerprint density at radius 3 is 2.57 bits per heavy atom. The highest BCUT2D eigenvalue weighted by Gasteiger charge is 2.41. The van der Waals surface area contributed by atoms with E-state index in [4.69, 9.17) is 0 Å². The van der Waals surface area contributed by atoms with Crippen LogP contribution >= 0.6 is 0 Å². The molecule has 0 amide bonds. The maximum atomic E-state index is 14.6. The molecule has 2 heterocycles. The molecule has 0 fully saturated rings. The summed E-state index contributed by atoms with van der Waals surface area (Å²) in [6, 6.07) is 9.35. The largest absolute Gasteiger partial charge is 0.508 e. The van der Waals surface area contributed by atoms with Crippen LogP contribution in [-0.4, -0.2) is 40.0 Å². The van der Waals surface area contributed by atoms with Gasteiger partial charge in [0.1, 0.15) is 35.6 Å². The van der Waals surface area contributed by atoms with E-state index in [-0.39, 0.29) is 17.9 Å². The van der Waals surface area contributed by atoms with Crippen LogP contribution in [0.3, 0.4) is 0 Å². The summed E-state index contributed by atoms with van der Waals surface area (Å²) in [5.74, 6) is -2.25. The summed E-state index contributed by atoms with van der Waals surface area (Å²) in [6.45, 7) is 1.54. The third-order valence-corrected chi connectivity index (χ3v) is 5.05. The predicted molar refractivity (Wildman–Crippen MR) is 102 cm³/mol. The van der Waals surface area contributed by atoms with E-state index in [1.165, 1.54) is 40.2 Å². The fourth-order valence-corrected chi connectivity index (χ4v) is 3.31. The summed E-state index contributed by atoms with van der Waals surface area (Å²) >= 11 is 0. The molecule has 10 heteroatoms. The number of aromatic hydroxyl groups is 1. The molecule has 2 atom stereocenters. The Morgan fingerprint density at radius 2 is 1.90 bits per heavy atom. The zero-order chi connectivity index (χ0) is 21.3. The molecule has 0 saturated heterocycles. The van der Waals surface area contributed by atoms with Crippen LogP contribution in [0.1, 0.15) is 24.1 Å². The first-order valence-electron chi connectivity index (χ1n) is 9.09. The molecule has 0 unspecified atom stereocenters. The van der Waals surface area contributed by atoms with Crippen LogP contribution in [0.2, 0.25) is 0 Å². The first-order chi connectivity index (χ1) is 14.4. The smallest absolute Gasteiger partial charge is 0.137 e. The van der Waals surface area contributed by atoms with Gasteiger partial charge in [-0.3, -0.25) is 0 Å². The fourth-order valence-electron chi connectivity index (χ4n) is 3.31. The maximum Gasteiger partial charge on any atom is 0.137 e. The number of rotatable bonds is 6. The summed E-state index contributed by atoms with van der Waals surface area (Å²) < 4.78 is 31.0. The number of phenols is 1. The van der Waals surface area contributed by atoms with Gasteiger partial charge < -0.3 is 10.2 Å². The second kappa shape index (κ2) is 7.64. The minimum absolute atomic E-state index is 0.0916. The van der Waals surface area contributed by atoms with E-state index in [0.29, 0.717) is 11.4 Å². The van der Waals surface area contributed by atoms with E-state index in [1.54, 1.807) is 25.3 Å². The maximum absolute atomic E-state index is 14.6. The van der Waals surface area contributed by atoms with Gasteiger partial charge in [0.25, 0.3) is 0 Å². The summed E-state index contributed by atoms with van der Waals surface area (Å²) in [6.07, 6.45) is 4.30. The Bertz CT molecular complexity index is 1150. The summed E-state index contributed by atoms with van der Waals surface area (Å²) in [7, 11) is 0. The van der Waals surface area contributed by atoms with Crippen LogP contribution in [0, 0.1) is 11.6 Å².